The Morgan fingerprint density at radius 1 is 0.828 bits per heavy atom. The minimum absolute atomic E-state index is 0.0457. The molecule has 0 aliphatic carbocycles. The van der Waals surface area contributed by atoms with Crippen molar-refractivity contribution in [2.45, 2.75) is 30.8 Å². The number of amides is 1. The highest BCUT2D eigenvalue weighted by atomic mass is 79.9. The number of rotatable bonds is 7. The minimum atomic E-state index is -1.40. The van der Waals surface area contributed by atoms with Crippen LogP contribution in [0.2, 0.25) is 0 Å². The van der Waals surface area contributed by atoms with Crippen molar-refractivity contribution in [1.29, 1.82) is 0 Å². The molecule has 0 spiro atoms. The van der Waals surface area contributed by atoms with Crippen molar-refractivity contribution in [2.75, 3.05) is 5.75 Å². The van der Waals surface area contributed by atoms with Crippen LogP contribution in [0.1, 0.15) is 37.1 Å². The maximum Gasteiger partial charge on any atom is 0.236 e. The highest BCUT2D eigenvalue weighted by Gasteiger charge is 2.28. The van der Waals surface area contributed by atoms with Gasteiger partial charge in [-0.2, -0.15) is 0 Å². The van der Waals surface area contributed by atoms with Crippen molar-refractivity contribution in [3.05, 3.63) is 101 Å². The first kappa shape index (κ1) is 21.5. The Labute approximate surface area is 183 Å². The van der Waals surface area contributed by atoms with Crippen LogP contribution in [0, 0.1) is 0 Å². The predicted molar refractivity (Wildman–Crippen MR) is 122 cm³/mol. The summed E-state index contributed by atoms with van der Waals surface area (Å²) in [6.45, 7) is 4.05. The van der Waals surface area contributed by atoms with E-state index in [0.29, 0.717) is 4.90 Å². The molecule has 0 radical (unpaired) electrons. The van der Waals surface area contributed by atoms with Crippen molar-refractivity contribution in [2.24, 2.45) is 0 Å². The highest BCUT2D eigenvalue weighted by molar-refractivity contribution is 9.10. The van der Waals surface area contributed by atoms with E-state index in [9.17, 15) is 9.00 Å². The molecule has 0 N–H and O–H groups in total. The summed E-state index contributed by atoms with van der Waals surface area (Å²) in [6.07, 6.45) is 0. The smallest absolute Gasteiger partial charge is 0.236 e. The molecule has 5 heteroatoms. The average molecular weight is 470 g/mol. The van der Waals surface area contributed by atoms with Crippen molar-refractivity contribution in [3.8, 4) is 0 Å². The molecule has 3 nitrogen and oxygen atoms in total. The Hall–Kier alpha value is -2.24. The Bertz CT molecular complexity index is 916. The number of carbonyl (C=O) groups is 1. The molecular weight excluding hydrogens is 446 g/mol. The van der Waals surface area contributed by atoms with Gasteiger partial charge in [-0.3, -0.25) is 9.00 Å². The molecule has 0 aliphatic heterocycles. The molecule has 0 heterocycles. The van der Waals surface area contributed by atoms with Gasteiger partial charge in [-0.15, -0.1) is 0 Å². The lowest BCUT2D eigenvalue weighted by atomic mass is 10.0. The zero-order valence-electron chi connectivity index (χ0n) is 16.5. The number of carbonyl (C=O) groups excluding carboxylic acids is 1. The first-order valence-electron chi connectivity index (χ1n) is 9.52. The molecule has 0 saturated carbocycles. The zero-order valence-corrected chi connectivity index (χ0v) is 18.9. The molecule has 3 aromatic rings. The van der Waals surface area contributed by atoms with Gasteiger partial charge in [0, 0.05) is 9.37 Å². The highest BCUT2D eigenvalue weighted by Crippen LogP contribution is 2.31. The van der Waals surface area contributed by atoms with Gasteiger partial charge in [0.05, 0.1) is 22.9 Å². The van der Waals surface area contributed by atoms with Crippen LogP contribution in [0.15, 0.2) is 94.3 Å². The van der Waals surface area contributed by atoms with Gasteiger partial charge in [-0.05, 0) is 49.2 Å². The molecule has 3 rings (SSSR count). The molecular formula is C24H24BrNO2S. The molecule has 29 heavy (non-hydrogen) atoms. The van der Waals surface area contributed by atoms with Gasteiger partial charge >= 0.3 is 0 Å². The predicted octanol–water partition coefficient (Wildman–Crippen LogP) is 5.91. The van der Waals surface area contributed by atoms with Crippen LogP contribution >= 0.6 is 15.9 Å². The van der Waals surface area contributed by atoms with Crippen LogP contribution < -0.4 is 0 Å². The van der Waals surface area contributed by atoms with Crippen molar-refractivity contribution >= 4 is 32.6 Å². The van der Waals surface area contributed by atoms with E-state index in [1.165, 1.54) is 0 Å². The van der Waals surface area contributed by atoms with E-state index in [-0.39, 0.29) is 23.7 Å². The van der Waals surface area contributed by atoms with Crippen LogP contribution in [-0.4, -0.2) is 20.8 Å². The molecule has 0 unspecified atom stereocenters. The number of halogens is 1. The maximum atomic E-state index is 13.3. The summed E-state index contributed by atoms with van der Waals surface area (Å²) in [5, 5.41) is 0. The fourth-order valence-electron chi connectivity index (χ4n) is 3.41. The van der Waals surface area contributed by atoms with Crippen LogP contribution in [0.4, 0.5) is 0 Å². The molecule has 3 atom stereocenters. The van der Waals surface area contributed by atoms with Gasteiger partial charge in [0.2, 0.25) is 5.91 Å². The SMILES string of the molecule is C[C@H](c1ccccc1)N(C(=O)C[S@@](=O)c1ccc(Br)cc1)[C@H](C)c1ccccc1. The second kappa shape index (κ2) is 9.99. The van der Waals surface area contributed by atoms with Gasteiger partial charge < -0.3 is 4.90 Å². The van der Waals surface area contributed by atoms with Gasteiger partial charge in [0.25, 0.3) is 0 Å². The van der Waals surface area contributed by atoms with E-state index in [1.54, 1.807) is 12.1 Å². The van der Waals surface area contributed by atoms with E-state index < -0.39 is 10.8 Å². The number of hydrogen-bond acceptors (Lipinski definition) is 2. The Kier molecular flexibility index (Phi) is 7.40. The number of benzene rings is 3. The van der Waals surface area contributed by atoms with Crippen molar-refractivity contribution in [3.63, 3.8) is 0 Å². The summed E-state index contributed by atoms with van der Waals surface area (Å²) in [6, 6.07) is 26.9. The van der Waals surface area contributed by atoms with E-state index in [4.69, 9.17) is 0 Å². The average Bonchev–Trinajstić information content (AvgIpc) is 2.75. The molecule has 0 aliphatic rings. The quantitative estimate of drug-likeness (QED) is 0.431. The Morgan fingerprint density at radius 3 is 1.72 bits per heavy atom. The Morgan fingerprint density at radius 2 is 1.28 bits per heavy atom. The van der Waals surface area contributed by atoms with E-state index in [2.05, 4.69) is 15.9 Å². The standard InChI is InChI=1S/C24H24BrNO2S/c1-18(20-9-5-3-6-10-20)26(19(2)21-11-7-4-8-12-21)24(27)17-29(28)23-15-13-22(25)14-16-23/h3-16,18-19H,17H2,1-2H3/t18-,19-,29-/m1/s1. The van der Waals surface area contributed by atoms with E-state index in [1.807, 2.05) is 91.5 Å². The summed E-state index contributed by atoms with van der Waals surface area (Å²) in [4.78, 5) is 15.8. The molecule has 3 aromatic carbocycles. The number of hydrogen-bond donors (Lipinski definition) is 0. The summed E-state index contributed by atoms with van der Waals surface area (Å²) in [7, 11) is -1.40. The lowest BCUT2D eigenvalue weighted by Crippen LogP contribution is -2.38. The molecule has 1 amide bonds. The van der Waals surface area contributed by atoms with Gasteiger partial charge in [-0.1, -0.05) is 76.6 Å². The Balaban J connectivity index is 1.88. The van der Waals surface area contributed by atoms with Crippen molar-refractivity contribution in [1.82, 2.24) is 4.90 Å². The summed E-state index contributed by atoms with van der Waals surface area (Å²) in [5.41, 5.74) is 2.11. The van der Waals surface area contributed by atoms with Crippen molar-refractivity contribution < 1.29 is 9.00 Å². The van der Waals surface area contributed by atoms with Gasteiger partial charge in [0.15, 0.2) is 0 Å². The first-order chi connectivity index (χ1) is 14.0. The van der Waals surface area contributed by atoms with E-state index in [0.717, 1.165) is 15.6 Å². The first-order valence-corrected chi connectivity index (χ1v) is 11.6. The zero-order chi connectivity index (χ0) is 20.8. The fraction of sp³-hybridized carbons (Fsp3) is 0.208. The summed E-state index contributed by atoms with van der Waals surface area (Å²) < 4.78 is 13.8. The third-order valence-electron chi connectivity index (χ3n) is 5.02. The topological polar surface area (TPSA) is 37.4 Å². The molecule has 0 aromatic heterocycles. The van der Waals surface area contributed by atoms with Crippen LogP contribution in [0.25, 0.3) is 0 Å². The summed E-state index contributed by atoms with van der Waals surface area (Å²) >= 11 is 3.38. The largest absolute Gasteiger partial charge is 0.328 e. The molecule has 0 saturated heterocycles. The van der Waals surface area contributed by atoms with Crippen LogP contribution in [0.5, 0.6) is 0 Å². The minimum Gasteiger partial charge on any atom is -0.328 e. The lowest BCUT2D eigenvalue weighted by molar-refractivity contribution is -0.133. The van der Waals surface area contributed by atoms with Crippen LogP contribution in [0.3, 0.4) is 0 Å². The normalized spacial score (nSPS) is 14.0. The molecule has 0 fully saturated rings. The lowest BCUT2D eigenvalue weighted by Gasteiger charge is -2.35. The second-order valence-corrected chi connectivity index (χ2v) is 9.28. The van der Waals surface area contributed by atoms with E-state index >= 15 is 0 Å². The molecule has 0 bridgehead atoms. The molecule has 150 valence electrons. The fourth-order valence-corrected chi connectivity index (χ4v) is 4.65. The van der Waals surface area contributed by atoms with Crippen LogP contribution in [-0.2, 0) is 15.6 Å². The third kappa shape index (κ3) is 5.43. The second-order valence-electron chi connectivity index (χ2n) is 6.92. The number of nitrogens with zero attached hydrogens (tertiary/aromatic N) is 1. The monoisotopic (exact) mass is 469 g/mol. The maximum absolute atomic E-state index is 13.3. The third-order valence-corrected chi connectivity index (χ3v) is 6.85. The van der Waals surface area contributed by atoms with Gasteiger partial charge in [-0.25, -0.2) is 0 Å². The summed E-state index contributed by atoms with van der Waals surface area (Å²) in [5.74, 6) is -0.172. The van der Waals surface area contributed by atoms with Gasteiger partial charge in [0.1, 0.15) is 5.75 Å².